The van der Waals surface area contributed by atoms with Gasteiger partial charge in [-0.05, 0) is 58.6 Å². The lowest BCUT2D eigenvalue weighted by molar-refractivity contribution is 0.281. The predicted octanol–water partition coefficient (Wildman–Crippen LogP) is 5.89. The van der Waals surface area contributed by atoms with Gasteiger partial charge in [-0.15, -0.1) is 0 Å². The number of nitrogens with two attached hydrogens (primary N) is 1. The van der Waals surface area contributed by atoms with Crippen LogP contribution in [0.15, 0.2) is 46.9 Å². The monoisotopic (exact) mass is 435 g/mol. The van der Waals surface area contributed by atoms with Gasteiger partial charge in [0.05, 0.1) is 23.7 Å². The molecule has 2 aromatic carbocycles. The maximum Gasteiger partial charge on any atom is 0.137 e. The fourth-order valence-corrected chi connectivity index (χ4v) is 2.80. The van der Waals surface area contributed by atoms with Gasteiger partial charge in [-0.2, -0.15) is 0 Å². The third kappa shape index (κ3) is 7.43. The molecule has 27 heavy (non-hydrogen) atoms. The highest BCUT2D eigenvalue weighted by atomic mass is 79.9. The summed E-state index contributed by atoms with van der Waals surface area (Å²) in [6.07, 6.45) is 4.33. The summed E-state index contributed by atoms with van der Waals surface area (Å²) in [7, 11) is 0. The summed E-state index contributed by atoms with van der Waals surface area (Å²) < 4.78 is 18.2. The Hall–Kier alpha value is -1.72. The molecule has 0 aliphatic heterocycles. The van der Waals surface area contributed by atoms with E-state index >= 15 is 0 Å². The molecule has 0 bridgehead atoms. The van der Waals surface area contributed by atoms with E-state index in [1.165, 1.54) is 0 Å². The minimum atomic E-state index is -0.216. The van der Waals surface area contributed by atoms with Crippen LogP contribution in [0.2, 0.25) is 0 Å². The second-order valence-corrected chi connectivity index (χ2v) is 7.34. The van der Waals surface area contributed by atoms with Gasteiger partial charge in [-0.25, -0.2) is 0 Å². The SMILES string of the molecule is CCCCOc1ccc([C@@H](N)COc2cc(OCCCC)ccc2Br)cc1. The zero-order valence-corrected chi connectivity index (χ0v) is 17.8. The van der Waals surface area contributed by atoms with Gasteiger partial charge in [-0.3, -0.25) is 0 Å². The van der Waals surface area contributed by atoms with Crippen molar-refractivity contribution >= 4 is 15.9 Å². The van der Waals surface area contributed by atoms with E-state index in [2.05, 4.69) is 29.8 Å². The molecule has 0 spiro atoms. The Morgan fingerprint density at radius 3 is 2.07 bits per heavy atom. The maximum absolute atomic E-state index is 6.29. The molecule has 2 aromatic rings. The van der Waals surface area contributed by atoms with E-state index in [0.717, 1.165) is 59.6 Å². The van der Waals surface area contributed by atoms with Crippen molar-refractivity contribution in [3.63, 3.8) is 0 Å². The third-order valence-electron chi connectivity index (χ3n) is 4.16. The predicted molar refractivity (Wildman–Crippen MR) is 114 cm³/mol. The molecule has 0 aliphatic rings. The van der Waals surface area contributed by atoms with Gasteiger partial charge in [0.1, 0.15) is 23.9 Å². The van der Waals surface area contributed by atoms with Crippen LogP contribution in [0.5, 0.6) is 17.2 Å². The Morgan fingerprint density at radius 2 is 1.44 bits per heavy atom. The highest BCUT2D eigenvalue weighted by molar-refractivity contribution is 9.10. The minimum absolute atomic E-state index is 0.216. The van der Waals surface area contributed by atoms with E-state index in [1.807, 2.05) is 42.5 Å². The molecule has 0 aromatic heterocycles. The highest BCUT2D eigenvalue weighted by Crippen LogP contribution is 2.30. The minimum Gasteiger partial charge on any atom is -0.494 e. The highest BCUT2D eigenvalue weighted by Gasteiger charge is 2.10. The molecular formula is C22H30BrNO3. The summed E-state index contributed by atoms with van der Waals surface area (Å²) in [4.78, 5) is 0. The molecule has 1 atom stereocenters. The molecular weight excluding hydrogens is 406 g/mol. The molecule has 0 heterocycles. The fraction of sp³-hybridized carbons (Fsp3) is 0.455. The molecule has 4 nitrogen and oxygen atoms in total. The number of ether oxygens (including phenoxy) is 3. The van der Waals surface area contributed by atoms with Gasteiger partial charge in [0.25, 0.3) is 0 Å². The van der Waals surface area contributed by atoms with Crippen molar-refractivity contribution in [2.75, 3.05) is 19.8 Å². The lowest BCUT2D eigenvalue weighted by atomic mass is 10.1. The second-order valence-electron chi connectivity index (χ2n) is 6.48. The average Bonchev–Trinajstić information content (AvgIpc) is 2.69. The summed E-state index contributed by atoms with van der Waals surface area (Å²) >= 11 is 3.52. The van der Waals surface area contributed by atoms with Crippen LogP contribution < -0.4 is 19.9 Å². The number of hydrogen-bond acceptors (Lipinski definition) is 4. The zero-order chi connectivity index (χ0) is 19.5. The van der Waals surface area contributed by atoms with Gasteiger partial charge in [-0.1, -0.05) is 38.8 Å². The van der Waals surface area contributed by atoms with Crippen LogP contribution in [0.25, 0.3) is 0 Å². The standard InChI is InChI=1S/C22H30BrNO3/c1-3-5-13-25-18-9-7-17(8-10-18)21(24)16-27-22-15-19(11-12-20(22)23)26-14-6-4-2/h7-12,15,21H,3-6,13-14,16,24H2,1-2H3/t21-/m0/s1. The Bertz CT molecular complexity index is 676. The molecule has 148 valence electrons. The van der Waals surface area contributed by atoms with Gasteiger partial charge in [0, 0.05) is 6.07 Å². The second kappa shape index (κ2) is 11.9. The summed E-state index contributed by atoms with van der Waals surface area (Å²) in [5.74, 6) is 2.42. The quantitative estimate of drug-likeness (QED) is 0.422. The maximum atomic E-state index is 6.29. The van der Waals surface area contributed by atoms with E-state index < -0.39 is 0 Å². The first-order valence-corrected chi connectivity index (χ1v) is 10.5. The number of unbranched alkanes of at least 4 members (excludes halogenated alkanes) is 2. The van der Waals surface area contributed by atoms with Crippen molar-refractivity contribution in [3.8, 4) is 17.2 Å². The molecule has 2 rings (SSSR count). The first-order valence-electron chi connectivity index (χ1n) is 9.67. The van der Waals surface area contributed by atoms with Gasteiger partial charge in [0.15, 0.2) is 0 Å². The van der Waals surface area contributed by atoms with Crippen molar-refractivity contribution < 1.29 is 14.2 Å². The van der Waals surface area contributed by atoms with Gasteiger partial charge in [0.2, 0.25) is 0 Å². The Labute approximate surface area is 171 Å². The van der Waals surface area contributed by atoms with Crippen LogP contribution in [0.4, 0.5) is 0 Å². The Kier molecular flexibility index (Phi) is 9.50. The van der Waals surface area contributed by atoms with Crippen LogP contribution in [0, 0.1) is 0 Å². The molecule has 0 aliphatic carbocycles. The largest absolute Gasteiger partial charge is 0.494 e. The topological polar surface area (TPSA) is 53.7 Å². The number of hydrogen-bond donors (Lipinski definition) is 1. The molecule has 0 saturated carbocycles. The van der Waals surface area contributed by atoms with E-state index in [0.29, 0.717) is 13.2 Å². The summed E-state index contributed by atoms with van der Waals surface area (Å²) in [5.41, 5.74) is 7.31. The summed E-state index contributed by atoms with van der Waals surface area (Å²) in [6, 6.07) is 13.5. The first-order chi connectivity index (χ1) is 13.1. The normalized spacial score (nSPS) is 11.9. The van der Waals surface area contributed by atoms with Crippen molar-refractivity contribution in [3.05, 3.63) is 52.5 Å². The number of benzene rings is 2. The molecule has 2 N–H and O–H groups in total. The van der Waals surface area contributed by atoms with Crippen molar-refractivity contribution in [2.45, 2.75) is 45.6 Å². The molecule has 0 saturated heterocycles. The lowest BCUT2D eigenvalue weighted by Gasteiger charge is -2.16. The molecule has 0 amide bonds. The fourth-order valence-electron chi connectivity index (χ4n) is 2.44. The number of halogens is 1. The van der Waals surface area contributed by atoms with Gasteiger partial charge >= 0.3 is 0 Å². The van der Waals surface area contributed by atoms with E-state index in [-0.39, 0.29) is 6.04 Å². The molecule has 0 radical (unpaired) electrons. The smallest absolute Gasteiger partial charge is 0.137 e. The van der Waals surface area contributed by atoms with Gasteiger partial charge < -0.3 is 19.9 Å². The van der Waals surface area contributed by atoms with Crippen molar-refractivity contribution in [1.29, 1.82) is 0 Å². The molecule has 0 unspecified atom stereocenters. The molecule has 5 heteroatoms. The van der Waals surface area contributed by atoms with Crippen molar-refractivity contribution in [2.24, 2.45) is 5.73 Å². The molecule has 0 fully saturated rings. The third-order valence-corrected chi connectivity index (χ3v) is 4.82. The van der Waals surface area contributed by atoms with Crippen LogP contribution in [0.3, 0.4) is 0 Å². The van der Waals surface area contributed by atoms with Crippen LogP contribution in [-0.4, -0.2) is 19.8 Å². The van der Waals surface area contributed by atoms with E-state index in [1.54, 1.807) is 0 Å². The van der Waals surface area contributed by atoms with Crippen LogP contribution in [-0.2, 0) is 0 Å². The zero-order valence-electron chi connectivity index (χ0n) is 16.2. The first kappa shape index (κ1) is 21.6. The van der Waals surface area contributed by atoms with E-state index in [4.69, 9.17) is 19.9 Å². The van der Waals surface area contributed by atoms with E-state index in [9.17, 15) is 0 Å². The van der Waals surface area contributed by atoms with Crippen molar-refractivity contribution in [1.82, 2.24) is 0 Å². The van der Waals surface area contributed by atoms with Crippen LogP contribution in [0.1, 0.15) is 51.1 Å². The van der Waals surface area contributed by atoms with Crippen LogP contribution >= 0.6 is 15.9 Å². The Morgan fingerprint density at radius 1 is 0.852 bits per heavy atom. The summed E-state index contributed by atoms with van der Waals surface area (Å²) in [6.45, 7) is 6.13. The summed E-state index contributed by atoms with van der Waals surface area (Å²) in [5, 5.41) is 0. The lowest BCUT2D eigenvalue weighted by Crippen LogP contribution is -2.19. The average molecular weight is 436 g/mol. The Balaban J connectivity index is 1.88. The number of rotatable bonds is 12.